The molecule has 1 saturated carbocycles. The minimum Gasteiger partial charge on any atom is -0.481 e. The van der Waals surface area contributed by atoms with E-state index in [0.29, 0.717) is 13.0 Å². The van der Waals surface area contributed by atoms with Crippen molar-refractivity contribution in [1.82, 2.24) is 5.32 Å². The van der Waals surface area contributed by atoms with Gasteiger partial charge in [0.2, 0.25) is 5.91 Å². The second-order valence-corrected chi connectivity index (χ2v) is 7.40. The van der Waals surface area contributed by atoms with E-state index in [1.807, 2.05) is 0 Å². The zero-order valence-electron chi connectivity index (χ0n) is 13.6. The Morgan fingerprint density at radius 3 is 2.29 bits per heavy atom. The molecule has 1 aliphatic carbocycles. The lowest BCUT2D eigenvalue weighted by Gasteiger charge is -2.31. The first-order valence-electron chi connectivity index (χ1n) is 7.94. The van der Waals surface area contributed by atoms with E-state index in [4.69, 9.17) is 10.8 Å². The fourth-order valence-electron chi connectivity index (χ4n) is 3.08. The van der Waals surface area contributed by atoms with E-state index in [9.17, 15) is 9.59 Å². The quantitative estimate of drug-likeness (QED) is 0.672. The van der Waals surface area contributed by atoms with Crippen LogP contribution in [-0.4, -0.2) is 29.1 Å². The van der Waals surface area contributed by atoms with Gasteiger partial charge in [-0.15, -0.1) is 0 Å². The molecule has 122 valence electrons. The van der Waals surface area contributed by atoms with Crippen molar-refractivity contribution < 1.29 is 14.7 Å². The normalized spacial score (nSPS) is 19.2. The smallest absolute Gasteiger partial charge is 0.303 e. The molecule has 5 nitrogen and oxygen atoms in total. The van der Waals surface area contributed by atoms with Crippen LogP contribution < -0.4 is 11.1 Å². The van der Waals surface area contributed by atoms with Gasteiger partial charge in [0.15, 0.2) is 0 Å². The van der Waals surface area contributed by atoms with Crippen molar-refractivity contribution in [2.75, 3.05) is 6.54 Å². The van der Waals surface area contributed by atoms with Crippen LogP contribution in [0.25, 0.3) is 0 Å². The average molecular weight is 298 g/mol. The topological polar surface area (TPSA) is 92.4 Å². The molecular formula is C16H30N2O3. The molecule has 0 heterocycles. The van der Waals surface area contributed by atoms with Crippen molar-refractivity contribution in [3.05, 3.63) is 0 Å². The van der Waals surface area contributed by atoms with Gasteiger partial charge in [0, 0.05) is 13.0 Å². The minimum atomic E-state index is -0.764. The maximum absolute atomic E-state index is 12.1. The van der Waals surface area contributed by atoms with Crippen molar-refractivity contribution in [3.63, 3.8) is 0 Å². The van der Waals surface area contributed by atoms with Gasteiger partial charge < -0.3 is 16.2 Å². The minimum absolute atomic E-state index is 0.0357. The van der Waals surface area contributed by atoms with Crippen LogP contribution in [0.15, 0.2) is 0 Å². The predicted molar refractivity (Wildman–Crippen MR) is 82.8 cm³/mol. The van der Waals surface area contributed by atoms with E-state index < -0.39 is 11.5 Å². The molecule has 0 saturated heterocycles. The van der Waals surface area contributed by atoms with E-state index in [1.165, 1.54) is 0 Å². The number of rotatable bonds is 7. The predicted octanol–water partition coefficient (Wildman–Crippen LogP) is 2.29. The first-order chi connectivity index (χ1) is 9.65. The van der Waals surface area contributed by atoms with Gasteiger partial charge in [-0.1, -0.05) is 33.6 Å². The molecule has 0 bridgehead atoms. The average Bonchev–Trinajstić information content (AvgIpc) is 2.79. The van der Waals surface area contributed by atoms with Crippen LogP contribution in [0.2, 0.25) is 0 Å². The summed E-state index contributed by atoms with van der Waals surface area (Å²) in [6.45, 7) is 6.91. The molecule has 0 aliphatic heterocycles. The molecule has 0 aromatic rings. The summed E-state index contributed by atoms with van der Waals surface area (Å²) in [6, 6.07) is 0. The summed E-state index contributed by atoms with van der Waals surface area (Å²) in [5.74, 6) is -0.544. The van der Waals surface area contributed by atoms with E-state index in [2.05, 4.69) is 26.1 Å². The van der Waals surface area contributed by atoms with E-state index in [0.717, 1.165) is 32.1 Å². The van der Waals surface area contributed by atoms with Gasteiger partial charge in [-0.25, -0.2) is 0 Å². The Kier molecular flexibility index (Phi) is 6.20. The number of carboxylic acids is 1. The Hall–Kier alpha value is -1.10. The summed E-state index contributed by atoms with van der Waals surface area (Å²) >= 11 is 0. The number of carbonyl (C=O) groups excluding carboxylic acids is 1. The number of nitrogens with one attached hydrogen (secondary N) is 1. The molecule has 21 heavy (non-hydrogen) atoms. The maximum atomic E-state index is 12.1. The largest absolute Gasteiger partial charge is 0.481 e. The maximum Gasteiger partial charge on any atom is 0.303 e. The lowest BCUT2D eigenvalue weighted by Crippen LogP contribution is -2.52. The molecule has 4 N–H and O–H groups in total. The van der Waals surface area contributed by atoms with Gasteiger partial charge in [-0.2, -0.15) is 0 Å². The van der Waals surface area contributed by atoms with E-state index in [-0.39, 0.29) is 23.7 Å². The second kappa shape index (κ2) is 7.25. The van der Waals surface area contributed by atoms with E-state index in [1.54, 1.807) is 0 Å². The third-order valence-electron chi connectivity index (χ3n) is 4.66. The molecule has 1 unspecified atom stereocenters. The summed E-state index contributed by atoms with van der Waals surface area (Å²) in [7, 11) is 0. The number of hydrogen-bond acceptors (Lipinski definition) is 3. The fraction of sp³-hybridized carbons (Fsp3) is 0.875. The Labute approximate surface area is 127 Å². The molecule has 0 aromatic carbocycles. The summed E-state index contributed by atoms with van der Waals surface area (Å²) in [5.41, 5.74) is 5.47. The van der Waals surface area contributed by atoms with Crippen LogP contribution in [0.3, 0.4) is 0 Å². The van der Waals surface area contributed by atoms with Crippen molar-refractivity contribution in [3.8, 4) is 0 Å². The highest BCUT2D eigenvalue weighted by Gasteiger charge is 2.36. The lowest BCUT2D eigenvalue weighted by molar-refractivity contribution is -0.137. The Balaban J connectivity index is 2.42. The number of hydrogen-bond donors (Lipinski definition) is 3. The molecule has 5 heteroatoms. The van der Waals surface area contributed by atoms with Crippen molar-refractivity contribution in [1.29, 1.82) is 0 Å². The molecule has 0 radical (unpaired) electrons. The number of carboxylic acid groups (broad SMARTS) is 1. The summed E-state index contributed by atoms with van der Waals surface area (Å²) in [6.07, 6.45) is 5.18. The molecule has 1 fully saturated rings. The molecule has 0 aromatic heterocycles. The Bertz CT molecular complexity index is 368. The third kappa shape index (κ3) is 5.65. The molecule has 0 spiro atoms. The van der Waals surface area contributed by atoms with Crippen LogP contribution in [0.5, 0.6) is 0 Å². The standard InChI is InChI=1S/C16H30N2O3/c1-15(2,3)12(6-7-13(19)20)8-11-18-14(21)16(17)9-4-5-10-16/h12H,4-11,17H2,1-3H3,(H,18,21)(H,19,20). The molecule has 1 amide bonds. The monoisotopic (exact) mass is 298 g/mol. The summed E-state index contributed by atoms with van der Waals surface area (Å²) in [5, 5.41) is 11.8. The molecular weight excluding hydrogens is 268 g/mol. The zero-order valence-corrected chi connectivity index (χ0v) is 13.6. The van der Waals surface area contributed by atoms with Crippen LogP contribution in [0.4, 0.5) is 0 Å². The van der Waals surface area contributed by atoms with Gasteiger partial charge in [0.1, 0.15) is 0 Å². The highest BCUT2D eigenvalue weighted by atomic mass is 16.4. The third-order valence-corrected chi connectivity index (χ3v) is 4.66. The van der Waals surface area contributed by atoms with Gasteiger partial charge in [0.05, 0.1) is 5.54 Å². The van der Waals surface area contributed by atoms with Crippen LogP contribution in [0, 0.1) is 11.3 Å². The molecule has 1 aliphatic rings. The summed E-state index contributed by atoms with van der Waals surface area (Å²) in [4.78, 5) is 22.9. The highest BCUT2D eigenvalue weighted by molar-refractivity contribution is 5.86. The first-order valence-corrected chi connectivity index (χ1v) is 7.94. The van der Waals surface area contributed by atoms with Crippen molar-refractivity contribution >= 4 is 11.9 Å². The summed E-state index contributed by atoms with van der Waals surface area (Å²) < 4.78 is 0. The first kappa shape index (κ1) is 18.0. The van der Waals surface area contributed by atoms with Crippen LogP contribution >= 0.6 is 0 Å². The zero-order chi connectivity index (χ0) is 16.1. The number of nitrogens with two attached hydrogens (primary N) is 1. The van der Waals surface area contributed by atoms with Crippen molar-refractivity contribution in [2.24, 2.45) is 17.1 Å². The second-order valence-electron chi connectivity index (χ2n) is 7.40. The number of carbonyl (C=O) groups is 2. The Morgan fingerprint density at radius 1 is 1.24 bits per heavy atom. The SMILES string of the molecule is CC(C)(C)C(CCNC(=O)C1(N)CCCC1)CCC(=O)O. The van der Waals surface area contributed by atoms with Crippen LogP contribution in [-0.2, 0) is 9.59 Å². The fourth-order valence-corrected chi connectivity index (χ4v) is 3.08. The number of amides is 1. The van der Waals surface area contributed by atoms with Gasteiger partial charge in [0.25, 0.3) is 0 Å². The van der Waals surface area contributed by atoms with Crippen molar-refractivity contribution in [2.45, 2.75) is 71.3 Å². The van der Waals surface area contributed by atoms with E-state index >= 15 is 0 Å². The Morgan fingerprint density at radius 2 is 1.81 bits per heavy atom. The van der Waals surface area contributed by atoms with Crippen LogP contribution in [0.1, 0.15) is 65.7 Å². The lowest BCUT2D eigenvalue weighted by atomic mass is 9.76. The number of aliphatic carboxylic acids is 1. The molecule has 1 atom stereocenters. The van der Waals surface area contributed by atoms with Gasteiger partial charge in [-0.3, -0.25) is 9.59 Å². The highest BCUT2D eigenvalue weighted by Crippen LogP contribution is 2.32. The molecule has 1 rings (SSSR count). The van der Waals surface area contributed by atoms with Gasteiger partial charge >= 0.3 is 5.97 Å². The van der Waals surface area contributed by atoms with Gasteiger partial charge in [-0.05, 0) is 37.0 Å².